The maximum Gasteiger partial charge on any atom is 0.135 e. The second-order valence-electron chi connectivity index (χ2n) is 6.51. The summed E-state index contributed by atoms with van der Waals surface area (Å²) in [5, 5.41) is 0. The molecule has 128 valence electrons. The summed E-state index contributed by atoms with van der Waals surface area (Å²) < 4.78 is 11.2. The van der Waals surface area contributed by atoms with Crippen LogP contribution in [0.1, 0.15) is 22.8 Å². The van der Waals surface area contributed by atoms with Crippen molar-refractivity contribution in [1.82, 2.24) is 14.9 Å². The molecule has 2 aliphatic heterocycles. The second-order valence-corrected chi connectivity index (χ2v) is 6.51. The van der Waals surface area contributed by atoms with Crippen LogP contribution in [0.4, 0.5) is 5.82 Å². The lowest BCUT2D eigenvalue weighted by atomic mass is 10.1. The average molecular weight is 328 g/mol. The summed E-state index contributed by atoms with van der Waals surface area (Å²) in [5.74, 6) is 3.13. The van der Waals surface area contributed by atoms with Crippen molar-refractivity contribution in [3.63, 3.8) is 0 Å². The lowest BCUT2D eigenvalue weighted by Gasteiger charge is -2.29. The summed E-state index contributed by atoms with van der Waals surface area (Å²) in [7, 11) is 0. The van der Waals surface area contributed by atoms with Crippen molar-refractivity contribution in [2.24, 2.45) is 0 Å². The van der Waals surface area contributed by atoms with Crippen molar-refractivity contribution in [3.05, 3.63) is 41.2 Å². The fourth-order valence-corrected chi connectivity index (χ4v) is 3.55. The van der Waals surface area contributed by atoms with Crippen molar-refractivity contribution >= 4 is 5.82 Å². The number of fused-ring (bicyclic) bond motifs is 1. The van der Waals surface area contributed by atoms with Crippen molar-refractivity contribution in [3.8, 4) is 0 Å². The molecule has 0 spiro atoms. The van der Waals surface area contributed by atoms with E-state index < -0.39 is 0 Å². The second kappa shape index (κ2) is 6.91. The topological polar surface area (TPSA) is 54.6 Å². The number of rotatable bonds is 3. The first-order valence-electron chi connectivity index (χ1n) is 8.73. The van der Waals surface area contributed by atoms with E-state index in [1.165, 1.54) is 11.3 Å². The van der Waals surface area contributed by atoms with Crippen molar-refractivity contribution in [1.29, 1.82) is 0 Å². The zero-order valence-corrected chi connectivity index (χ0v) is 14.2. The number of hydrogen-bond donors (Lipinski definition) is 0. The number of ether oxygens (including phenoxy) is 1. The SMILES string of the molecule is Cc1ccc(CN2CCc3ncnc(N4CCOCC4)c3CC2)o1. The molecule has 0 saturated carbocycles. The van der Waals surface area contributed by atoms with E-state index in [4.69, 9.17) is 9.15 Å². The predicted octanol–water partition coefficient (Wildman–Crippen LogP) is 1.82. The zero-order chi connectivity index (χ0) is 16.4. The molecule has 4 heterocycles. The lowest BCUT2D eigenvalue weighted by molar-refractivity contribution is 0.122. The van der Waals surface area contributed by atoms with Crippen molar-refractivity contribution in [2.45, 2.75) is 26.3 Å². The van der Waals surface area contributed by atoms with E-state index in [2.05, 4.69) is 25.8 Å². The van der Waals surface area contributed by atoms with E-state index in [0.29, 0.717) is 0 Å². The Balaban J connectivity index is 1.50. The third kappa shape index (κ3) is 3.30. The Kier molecular flexibility index (Phi) is 4.49. The smallest absolute Gasteiger partial charge is 0.135 e. The number of anilines is 1. The summed E-state index contributed by atoms with van der Waals surface area (Å²) in [5.41, 5.74) is 2.52. The van der Waals surface area contributed by atoms with Gasteiger partial charge >= 0.3 is 0 Å². The van der Waals surface area contributed by atoms with Gasteiger partial charge in [-0.3, -0.25) is 4.90 Å². The fourth-order valence-electron chi connectivity index (χ4n) is 3.55. The van der Waals surface area contributed by atoms with Crippen LogP contribution in [-0.2, 0) is 24.1 Å². The number of aryl methyl sites for hydroxylation is 1. The first kappa shape index (κ1) is 15.6. The van der Waals surface area contributed by atoms with Crippen LogP contribution in [0.2, 0.25) is 0 Å². The molecule has 0 N–H and O–H groups in total. The number of furan rings is 1. The first-order chi connectivity index (χ1) is 11.8. The Labute approximate surface area is 142 Å². The van der Waals surface area contributed by atoms with Gasteiger partial charge in [0.25, 0.3) is 0 Å². The van der Waals surface area contributed by atoms with Gasteiger partial charge in [-0.2, -0.15) is 0 Å². The fraction of sp³-hybridized carbons (Fsp3) is 0.556. The van der Waals surface area contributed by atoms with E-state index in [9.17, 15) is 0 Å². The monoisotopic (exact) mass is 328 g/mol. The van der Waals surface area contributed by atoms with Crippen LogP contribution in [0, 0.1) is 6.92 Å². The highest BCUT2D eigenvalue weighted by molar-refractivity contribution is 5.49. The first-order valence-corrected chi connectivity index (χ1v) is 8.73. The molecule has 6 nitrogen and oxygen atoms in total. The maximum absolute atomic E-state index is 5.73. The van der Waals surface area contributed by atoms with Crippen LogP contribution in [0.3, 0.4) is 0 Å². The molecule has 1 fully saturated rings. The van der Waals surface area contributed by atoms with Crippen molar-refractivity contribution in [2.75, 3.05) is 44.3 Å². The molecule has 1 saturated heterocycles. The molecule has 2 aromatic heterocycles. The van der Waals surface area contributed by atoms with Gasteiger partial charge in [-0.1, -0.05) is 0 Å². The molecule has 0 aromatic carbocycles. The van der Waals surface area contributed by atoms with Crippen LogP contribution >= 0.6 is 0 Å². The number of nitrogens with zero attached hydrogens (tertiary/aromatic N) is 4. The summed E-state index contributed by atoms with van der Waals surface area (Å²) in [6.45, 7) is 8.26. The molecule has 2 aromatic rings. The third-order valence-corrected chi connectivity index (χ3v) is 4.84. The van der Waals surface area contributed by atoms with E-state index in [0.717, 1.165) is 76.1 Å². The Hall–Kier alpha value is -1.92. The van der Waals surface area contributed by atoms with Gasteiger partial charge in [0.2, 0.25) is 0 Å². The quantitative estimate of drug-likeness (QED) is 0.857. The van der Waals surface area contributed by atoms with Gasteiger partial charge in [-0.05, 0) is 25.5 Å². The minimum absolute atomic E-state index is 0.781. The molecule has 0 radical (unpaired) electrons. The average Bonchev–Trinajstić information content (AvgIpc) is 2.91. The minimum Gasteiger partial charge on any atom is -0.465 e. The Morgan fingerprint density at radius 1 is 1.04 bits per heavy atom. The third-order valence-electron chi connectivity index (χ3n) is 4.84. The highest BCUT2D eigenvalue weighted by atomic mass is 16.5. The van der Waals surface area contributed by atoms with Crippen LogP contribution in [0.15, 0.2) is 22.9 Å². The Morgan fingerprint density at radius 3 is 2.67 bits per heavy atom. The zero-order valence-electron chi connectivity index (χ0n) is 14.2. The summed E-state index contributed by atoms with van der Waals surface area (Å²) in [4.78, 5) is 13.9. The van der Waals surface area contributed by atoms with Gasteiger partial charge in [-0.25, -0.2) is 9.97 Å². The highest BCUT2D eigenvalue weighted by Gasteiger charge is 2.23. The van der Waals surface area contributed by atoms with Crippen LogP contribution < -0.4 is 4.90 Å². The number of morpholine rings is 1. The lowest BCUT2D eigenvalue weighted by Crippen LogP contribution is -2.37. The van der Waals surface area contributed by atoms with Crippen LogP contribution in [0.25, 0.3) is 0 Å². The van der Waals surface area contributed by atoms with Gasteiger partial charge in [0.15, 0.2) is 0 Å². The van der Waals surface area contributed by atoms with Gasteiger partial charge in [0.1, 0.15) is 23.7 Å². The number of aromatic nitrogens is 2. The summed E-state index contributed by atoms with van der Waals surface area (Å²) >= 11 is 0. The number of hydrogen-bond acceptors (Lipinski definition) is 6. The van der Waals surface area contributed by atoms with Crippen molar-refractivity contribution < 1.29 is 9.15 Å². The molecule has 0 amide bonds. The van der Waals surface area contributed by atoms with Gasteiger partial charge in [0.05, 0.1) is 25.5 Å². The molecule has 0 bridgehead atoms. The molecule has 0 aliphatic carbocycles. The largest absolute Gasteiger partial charge is 0.465 e. The predicted molar refractivity (Wildman–Crippen MR) is 91.2 cm³/mol. The molecular weight excluding hydrogens is 304 g/mol. The molecule has 0 unspecified atom stereocenters. The summed E-state index contributed by atoms with van der Waals surface area (Å²) in [6.07, 6.45) is 3.67. The molecule has 6 heteroatoms. The molecule has 2 aliphatic rings. The van der Waals surface area contributed by atoms with Gasteiger partial charge in [-0.15, -0.1) is 0 Å². The molecule has 4 rings (SSSR count). The van der Waals surface area contributed by atoms with Gasteiger partial charge in [0, 0.05) is 38.2 Å². The maximum atomic E-state index is 5.73. The summed E-state index contributed by atoms with van der Waals surface area (Å²) in [6, 6.07) is 4.11. The molecule has 0 atom stereocenters. The van der Waals surface area contributed by atoms with E-state index in [-0.39, 0.29) is 0 Å². The normalized spacial score (nSPS) is 19.1. The highest BCUT2D eigenvalue weighted by Crippen LogP contribution is 2.25. The Bertz CT molecular complexity index is 694. The molecule has 24 heavy (non-hydrogen) atoms. The standard InChI is InChI=1S/C18H24N4O2/c1-14-2-3-15(24-14)12-21-6-4-16-17(5-7-21)19-13-20-18(16)22-8-10-23-11-9-22/h2-3,13H,4-12H2,1H3. The van der Waals surface area contributed by atoms with E-state index >= 15 is 0 Å². The van der Waals surface area contributed by atoms with E-state index in [1.807, 2.05) is 13.0 Å². The minimum atomic E-state index is 0.781. The Morgan fingerprint density at radius 2 is 1.88 bits per heavy atom. The van der Waals surface area contributed by atoms with Gasteiger partial charge < -0.3 is 14.1 Å². The molecular formula is C18H24N4O2. The van der Waals surface area contributed by atoms with E-state index in [1.54, 1.807) is 6.33 Å². The van der Waals surface area contributed by atoms with Crippen LogP contribution in [0.5, 0.6) is 0 Å². The van der Waals surface area contributed by atoms with Crippen LogP contribution in [-0.4, -0.2) is 54.3 Å².